The van der Waals surface area contributed by atoms with E-state index in [0.717, 1.165) is 18.8 Å². The van der Waals surface area contributed by atoms with E-state index < -0.39 is 0 Å². The van der Waals surface area contributed by atoms with Gasteiger partial charge in [-0.3, -0.25) is 0 Å². The van der Waals surface area contributed by atoms with Gasteiger partial charge in [0.2, 0.25) is 0 Å². The summed E-state index contributed by atoms with van der Waals surface area (Å²) < 4.78 is 0. The number of nitrogens with one attached hydrogen (secondary N) is 2. The lowest BCUT2D eigenvalue weighted by atomic mass is 10.1. The second-order valence-corrected chi connectivity index (χ2v) is 3.63. The minimum absolute atomic E-state index is 0.676. The van der Waals surface area contributed by atoms with Crippen molar-refractivity contribution in [3.63, 3.8) is 0 Å². The minimum atomic E-state index is 0.676. The van der Waals surface area contributed by atoms with Gasteiger partial charge in [-0.1, -0.05) is 20.3 Å². The van der Waals surface area contributed by atoms with E-state index in [0.29, 0.717) is 6.04 Å². The standard InChI is InChI=1S/C11H21N3/c1-3-5-10(4-2)12-7-6-11-13-8-9-14-11/h8-10,12H,3-7H2,1-2H3,(H,13,14). The lowest BCUT2D eigenvalue weighted by Crippen LogP contribution is -2.30. The van der Waals surface area contributed by atoms with Crippen molar-refractivity contribution in [3.05, 3.63) is 18.2 Å². The molecule has 0 saturated carbocycles. The first-order valence-corrected chi connectivity index (χ1v) is 5.58. The first kappa shape index (κ1) is 11.2. The van der Waals surface area contributed by atoms with Crippen LogP contribution in [0, 0.1) is 0 Å². The summed E-state index contributed by atoms with van der Waals surface area (Å²) in [6.45, 7) is 5.49. The highest BCUT2D eigenvalue weighted by Gasteiger charge is 2.03. The summed E-state index contributed by atoms with van der Waals surface area (Å²) in [5, 5.41) is 3.55. The number of imidazole rings is 1. The fourth-order valence-corrected chi connectivity index (χ4v) is 1.63. The summed E-state index contributed by atoms with van der Waals surface area (Å²) in [5.74, 6) is 1.07. The van der Waals surface area contributed by atoms with E-state index in [2.05, 4.69) is 29.1 Å². The van der Waals surface area contributed by atoms with Gasteiger partial charge in [-0.2, -0.15) is 0 Å². The number of nitrogens with zero attached hydrogens (tertiary/aromatic N) is 1. The maximum Gasteiger partial charge on any atom is 0.107 e. The fraction of sp³-hybridized carbons (Fsp3) is 0.727. The Morgan fingerprint density at radius 3 is 2.93 bits per heavy atom. The third kappa shape index (κ3) is 3.92. The quantitative estimate of drug-likeness (QED) is 0.699. The summed E-state index contributed by atoms with van der Waals surface area (Å²) in [4.78, 5) is 7.30. The molecule has 0 aliphatic carbocycles. The van der Waals surface area contributed by atoms with Gasteiger partial charge in [0.1, 0.15) is 5.82 Å². The van der Waals surface area contributed by atoms with Crippen LogP contribution in [0.1, 0.15) is 38.9 Å². The molecule has 0 spiro atoms. The van der Waals surface area contributed by atoms with Crippen LogP contribution in [-0.4, -0.2) is 22.6 Å². The molecule has 2 N–H and O–H groups in total. The first-order valence-electron chi connectivity index (χ1n) is 5.58. The topological polar surface area (TPSA) is 40.7 Å². The molecular formula is C11H21N3. The molecule has 0 radical (unpaired) electrons. The molecule has 1 atom stereocenters. The molecule has 1 aromatic rings. The van der Waals surface area contributed by atoms with E-state index in [4.69, 9.17) is 0 Å². The fourth-order valence-electron chi connectivity index (χ4n) is 1.63. The van der Waals surface area contributed by atoms with Crippen molar-refractivity contribution < 1.29 is 0 Å². The van der Waals surface area contributed by atoms with Crippen LogP contribution >= 0.6 is 0 Å². The molecule has 1 heterocycles. The Bertz CT molecular complexity index is 218. The average Bonchev–Trinajstić information content (AvgIpc) is 2.69. The number of H-pyrrole nitrogens is 1. The van der Waals surface area contributed by atoms with Gasteiger partial charge in [0.25, 0.3) is 0 Å². The van der Waals surface area contributed by atoms with Crippen molar-refractivity contribution in [2.75, 3.05) is 6.54 Å². The van der Waals surface area contributed by atoms with E-state index in [1.165, 1.54) is 19.3 Å². The van der Waals surface area contributed by atoms with Gasteiger partial charge in [-0.25, -0.2) is 4.98 Å². The number of hydrogen-bond donors (Lipinski definition) is 2. The van der Waals surface area contributed by atoms with Crippen LogP contribution in [0.5, 0.6) is 0 Å². The zero-order valence-electron chi connectivity index (χ0n) is 9.21. The summed E-state index contributed by atoms with van der Waals surface area (Å²) in [5.41, 5.74) is 0. The van der Waals surface area contributed by atoms with Gasteiger partial charge in [-0.15, -0.1) is 0 Å². The Morgan fingerprint density at radius 2 is 2.36 bits per heavy atom. The molecule has 0 aliphatic heterocycles. The molecule has 3 nitrogen and oxygen atoms in total. The lowest BCUT2D eigenvalue weighted by molar-refractivity contribution is 0.464. The van der Waals surface area contributed by atoms with E-state index in [1.807, 2.05) is 6.20 Å². The Kier molecular flexibility index (Phi) is 5.30. The number of hydrogen-bond acceptors (Lipinski definition) is 2. The Hall–Kier alpha value is -0.830. The molecule has 1 rings (SSSR count). The Morgan fingerprint density at radius 1 is 1.50 bits per heavy atom. The van der Waals surface area contributed by atoms with E-state index in [9.17, 15) is 0 Å². The summed E-state index contributed by atoms with van der Waals surface area (Å²) in [7, 11) is 0. The monoisotopic (exact) mass is 195 g/mol. The van der Waals surface area contributed by atoms with Gasteiger partial charge in [0.05, 0.1) is 0 Å². The van der Waals surface area contributed by atoms with Crippen LogP contribution in [0.25, 0.3) is 0 Å². The van der Waals surface area contributed by atoms with Gasteiger partial charge < -0.3 is 10.3 Å². The third-order valence-electron chi connectivity index (χ3n) is 2.48. The van der Waals surface area contributed by atoms with Crippen LogP contribution in [-0.2, 0) is 6.42 Å². The zero-order chi connectivity index (χ0) is 10.2. The highest BCUT2D eigenvalue weighted by atomic mass is 14.9. The smallest absolute Gasteiger partial charge is 0.107 e. The van der Waals surface area contributed by atoms with Crippen molar-refractivity contribution in [1.29, 1.82) is 0 Å². The van der Waals surface area contributed by atoms with Gasteiger partial charge in [0, 0.05) is 31.4 Å². The first-order chi connectivity index (χ1) is 6.86. The molecule has 0 aliphatic rings. The van der Waals surface area contributed by atoms with Gasteiger partial charge in [-0.05, 0) is 12.8 Å². The SMILES string of the molecule is CCCC(CC)NCCc1ncc[nH]1. The van der Waals surface area contributed by atoms with Crippen molar-refractivity contribution >= 4 is 0 Å². The molecule has 0 amide bonds. The van der Waals surface area contributed by atoms with Crippen LogP contribution in [0.3, 0.4) is 0 Å². The number of rotatable bonds is 7. The average molecular weight is 195 g/mol. The molecule has 1 unspecified atom stereocenters. The summed E-state index contributed by atoms with van der Waals surface area (Å²) in [6, 6.07) is 0.676. The maximum absolute atomic E-state index is 4.19. The lowest BCUT2D eigenvalue weighted by Gasteiger charge is -2.15. The zero-order valence-corrected chi connectivity index (χ0v) is 9.21. The van der Waals surface area contributed by atoms with Crippen molar-refractivity contribution in [2.45, 2.75) is 45.6 Å². The van der Waals surface area contributed by atoms with Gasteiger partial charge >= 0.3 is 0 Å². The molecule has 0 saturated heterocycles. The van der Waals surface area contributed by atoms with Crippen LogP contribution in [0.15, 0.2) is 12.4 Å². The normalized spacial score (nSPS) is 13.0. The predicted molar refractivity (Wildman–Crippen MR) is 59.3 cm³/mol. The third-order valence-corrected chi connectivity index (χ3v) is 2.48. The summed E-state index contributed by atoms with van der Waals surface area (Å²) in [6.07, 6.45) is 8.41. The van der Waals surface area contributed by atoms with Gasteiger partial charge in [0.15, 0.2) is 0 Å². The van der Waals surface area contributed by atoms with E-state index in [1.54, 1.807) is 6.20 Å². The number of aromatic amines is 1. The molecule has 80 valence electrons. The van der Waals surface area contributed by atoms with Crippen LogP contribution < -0.4 is 5.32 Å². The highest BCUT2D eigenvalue weighted by molar-refractivity contribution is 4.87. The minimum Gasteiger partial charge on any atom is -0.349 e. The van der Waals surface area contributed by atoms with E-state index in [-0.39, 0.29) is 0 Å². The van der Waals surface area contributed by atoms with Crippen LogP contribution in [0.4, 0.5) is 0 Å². The Labute approximate surface area is 86.3 Å². The van der Waals surface area contributed by atoms with Crippen molar-refractivity contribution in [2.24, 2.45) is 0 Å². The molecule has 0 aromatic carbocycles. The summed E-state index contributed by atoms with van der Waals surface area (Å²) >= 11 is 0. The predicted octanol–water partition coefficient (Wildman–Crippen LogP) is 2.12. The van der Waals surface area contributed by atoms with Crippen molar-refractivity contribution in [1.82, 2.24) is 15.3 Å². The molecule has 0 bridgehead atoms. The molecule has 3 heteroatoms. The molecule has 1 aromatic heterocycles. The molecule has 0 fully saturated rings. The maximum atomic E-state index is 4.19. The molecular weight excluding hydrogens is 174 g/mol. The number of aromatic nitrogens is 2. The molecule has 14 heavy (non-hydrogen) atoms. The largest absolute Gasteiger partial charge is 0.349 e. The second-order valence-electron chi connectivity index (χ2n) is 3.63. The Balaban J connectivity index is 2.13. The van der Waals surface area contributed by atoms with Crippen LogP contribution in [0.2, 0.25) is 0 Å². The second kappa shape index (κ2) is 6.60. The van der Waals surface area contributed by atoms with E-state index >= 15 is 0 Å². The highest BCUT2D eigenvalue weighted by Crippen LogP contribution is 2.00. The van der Waals surface area contributed by atoms with Crippen molar-refractivity contribution in [3.8, 4) is 0 Å².